The van der Waals surface area contributed by atoms with Gasteiger partial charge in [-0.05, 0) is 26.7 Å². The molecule has 1 aliphatic heterocycles. The van der Waals surface area contributed by atoms with Crippen LogP contribution in [0.15, 0.2) is 15.9 Å². The van der Waals surface area contributed by atoms with E-state index in [-0.39, 0.29) is 10.6 Å². The van der Waals surface area contributed by atoms with E-state index >= 15 is 0 Å². The molecule has 7 nitrogen and oxygen atoms in total. The number of piperazine rings is 1. The van der Waals surface area contributed by atoms with Gasteiger partial charge in [0.1, 0.15) is 0 Å². The first-order valence-electron chi connectivity index (χ1n) is 9.61. The molecule has 9 heteroatoms. The summed E-state index contributed by atoms with van der Waals surface area (Å²) in [6.07, 6.45) is 7.94. The van der Waals surface area contributed by atoms with Crippen LogP contribution >= 0.6 is 11.3 Å². The average Bonchev–Trinajstić information content (AvgIpc) is 3.03. The Hall–Kier alpha value is -1.29. The first kappa shape index (κ1) is 19.0. The molecule has 2 fully saturated rings. The van der Waals surface area contributed by atoms with Crippen molar-refractivity contribution in [2.24, 2.45) is 0 Å². The second-order valence-electron chi connectivity index (χ2n) is 7.56. The predicted octanol–water partition coefficient (Wildman–Crippen LogP) is 2.01. The van der Waals surface area contributed by atoms with E-state index in [1.165, 1.54) is 52.1 Å². The third-order valence-corrected chi connectivity index (χ3v) is 8.67. The van der Waals surface area contributed by atoms with Crippen molar-refractivity contribution in [2.75, 3.05) is 26.2 Å². The quantitative estimate of drug-likeness (QED) is 0.774. The smallest absolute Gasteiger partial charge is 0.279 e. The summed E-state index contributed by atoms with van der Waals surface area (Å²) in [5.74, 6) is 0. The number of rotatable bonds is 3. The Morgan fingerprint density at radius 2 is 1.74 bits per heavy atom. The molecule has 2 aliphatic rings. The van der Waals surface area contributed by atoms with Crippen molar-refractivity contribution < 1.29 is 8.42 Å². The first-order valence-corrected chi connectivity index (χ1v) is 11.9. The third-order valence-electron chi connectivity index (χ3n) is 5.74. The van der Waals surface area contributed by atoms with Gasteiger partial charge in [0.05, 0.1) is 5.69 Å². The highest BCUT2D eigenvalue weighted by Crippen LogP contribution is 2.25. The standard InChI is InChI=1S/C18H26N4O3S2/c1-13-12-22-17(23)16(14(2)19-18(22)26-13)27(24,25)21-10-8-20(9-11-21)15-6-4-3-5-7-15/h12,15H,3-11H2,1-2H3. The molecule has 27 heavy (non-hydrogen) atoms. The van der Waals surface area contributed by atoms with Crippen molar-refractivity contribution in [3.8, 4) is 0 Å². The van der Waals surface area contributed by atoms with Gasteiger partial charge in [-0.25, -0.2) is 13.4 Å². The van der Waals surface area contributed by atoms with Gasteiger partial charge in [-0.3, -0.25) is 14.1 Å². The van der Waals surface area contributed by atoms with Gasteiger partial charge in [-0.1, -0.05) is 19.3 Å². The summed E-state index contributed by atoms with van der Waals surface area (Å²) >= 11 is 1.39. The average molecular weight is 411 g/mol. The minimum atomic E-state index is -3.84. The molecular weight excluding hydrogens is 384 g/mol. The normalized spacial score (nSPS) is 21.1. The Balaban J connectivity index is 1.59. The van der Waals surface area contributed by atoms with Crippen LogP contribution in [0, 0.1) is 13.8 Å². The molecular formula is C18H26N4O3S2. The van der Waals surface area contributed by atoms with Gasteiger partial charge in [0.2, 0.25) is 0 Å². The molecule has 1 saturated carbocycles. The molecule has 4 rings (SSSR count). The summed E-state index contributed by atoms with van der Waals surface area (Å²) in [5.41, 5.74) is -0.201. The van der Waals surface area contributed by atoms with Crippen LogP contribution < -0.4 is 5.56 Å². The van der Waals surface area contributed by atoms with Crippen LogP contribution in [0.2, 0.25) is 0 Å². The largest absolute Gasteiger partial charge is 0.298 e. The van der Waals surface area contributed by atoms with Gasteiger partial charge >= 0.3 is 0 Å². The van der Waals surface area contributed by atoms with E-state index in [9.17, 15) is 13.2 Å². The lowest BCUT2D eigenvalue weighted by atomic mass is 9.94. The van der Waals surface area contributed by atoms with Crippen LogP contribution in [0.5, 0.6) is 0 Å². The van der Waals surface area contributed by atoms with Crippen molar-refractivity contribution in [1.29, 1.82) is 0 Å². The molecule has 2 aromatic rings. The van der Waals surface area contributed by atoms with Crippen LogP contribution in [-0.2, 0) is 10.0 Å². The summed E-state index contributed by atoms with van der Waals surface area (Å²) in [6, 6.07) is 0.586. The zero-order valence-corrected chi connectivity index (χ0v) is 17.5. The van der Waals surface area contributed by atoms with Gasteiger partial charge < -0.3 is 0 Å². The maximum Gasteiger partial charge on any atom is 0.279 e. The van der Waals surface area contributed by atoms with Crippen molar-refractivity contribution in [3.63, 3.8) is 0 Å². The molecule has 0 N–H and O–H groups in total. The zero-order chi connectivity index (χ0) is 19.2. The maximum atomic E-state index is 13.2. The Labute approximate surface area is 163 Å². The number of fused-ring (bicyclic) bond motifs is 1. The fourth-order valence-electron chi connectivity index (χ4n) is 4.32. The lowest BCUT2D eigenvalue weighted by Crippen LogP contribution is -2.52. The molecule has 1 aliphatic carbocycles. The molecule has 3 heterocycles. The minimum absolute atomic E-state index is 0.177. The second kappa shape index (κ2) is 7.27. The third kappa shape index (κ3) is 3.46. The van der Waals surface area contributed by atoms with Crippen molar-refractivity contribution in [1.82, 2.24) is 18.6 Å². The molecule has 148 valence electrons. The molecule has 0 amide bonds. The number of sulfonamides is 1. The van der Waals surface area contributed by atoms with Gasteiger partial charge in [0, 0.05) is 43.3 Å². The van der Waals surface area contributed by atoms with Crippen LogP contribution in [0.1, 0.15) is 42.7 Å². The summed E-state index contributed by atoms with van der Waals surface area (Å²) < 4.78 is 29.3. The van der Waals surface area contributed by atoms with Crippen molar-refractivity contribution in [3.05, 3.63) is 27.1 Å². The lowest BCUT2D eigenvalue weighted by molar-refractivity contribution is 0.111. The van der Waals surface area contributed by atoms with Crippen LogP contribution in [-0.4, -0.2) is 59.2 Å². The highest BCUT2D eigenvalue weighted by atomic mass is 32.2. The van der Waals surface area contributed by atoms with E-state index in [0.717, 1.165) is 18.0 Å². The molecule has 0 unspecified atom stereocenters. The van der Waals surface area contributed by atoms with Crippen LogP contribution in [0.3, 0.4) is 0 Å². The minimum Gasteiger partial charge on any atom is -0.298 e. The maximum absolute atomic E-state index is 13.2. The SMILES string of the molecule is Cc1cn2c(=O)c(S(=O)(=O)N3CCN(C4CCCCC4)CC3)c(C)nc2s1. The van der Waals surface area contributed by atoms with E-state index in [4.69, 9.17) is 0 Å². The van der Waals surface area contributed by atoms with Crippen molar-refractivity contribution >= 4 is 26.3 Å². The number of aromatic nitrogens is 2. The first-order chi connectivity index (χ1) is 12.9. The van der Waals surface area contributed by atoms with Crippen LogP contribution in [0.25, 0.3) is 4.96 Å². The number of aryl methyl sites for hydroxylation is 2. The van der Waals surface area contributed by atoms with Gasteiger partial charge in [-0.2, -0.15) is 4.31 Å². The number of hydrogen-bond donors (Lipinski definition) is 0. The summed E-state index contributed by atoms with van der Waals surface area (Å²) in [4.78, 5) is 21.0. The highest BCUT2D eigenvalue weighted by molar-refractivity contribution is 7.89. The van der Waals surface area contributed by atoms with E-state index in [0.29, 0.717) is 24.1 Å². The fourth-order valence-corrected chi connectivity index (χ4v) is 6.82. The number of hydrogen-bond acceptors (Lipinski definition) is 6. The summed E-state index contributed by atoms with van der Waals surface area (Å²) in [6.45, 7) is 5.83. The van der Waals surface area contributed by atoms with E-state index < -0.39 is 15.6 Å². The topological polar surface area (TPSA) is 75.0 Å². The summed E-state index contributed by atoms with van der Waals surface area (Å²) in [7, 11) is -3.84. The van der Waals surface area contributed by atoms with Crippen LogP contribution in [0.4, 0.5) is 0 Å². The Bertz CT molecular complexity index is 998. The van der Waals surface area contributed by atoms with E-state index in [2.05, 4.69) is 9.88 Å². The number of nitrogens with zero attached hydrogens (tertiary/aromatic N) is 4. The second-order valence-corrected chi connectivity index (χ2v) is 10.6. The highest BCUT2D eigenvalue weighted by Gasteiger charge is 2.34. The molecule has 2 aromatic heterocycles. The molecule has 0 bridgehead atoms. The zero-order valence-electron chi connectivity index (χ0n) is 15.8. The van der Waals surface area contributed by atoms with Gasteiger partial charge in [0.15, 0.2) is 9.86 Å². The van der Waals surface area contributed by atoms with E-state index in [1.807, 2.05) is 6.92 Å². The Kier molecular flexibility index (Phi) is 5.13. The summed E-state index contributed by atoms with van der Waals surface area (Å²) in [5, 5.41) is 0. The predicted molar refractivity (Wildman–Crippen MR) is 106 cm³/mol. The molecule has 0 spiro atoms. The fraction of sp³-hybridized carbons (Fsp3) is 0.667. The molecule has 1 saturated heterocycles. The molecule has 0 aromatic carbocycles. The lowest BCUT2D eigenvalue weighted by Gasteiger charge is -2.40. The van der Waals surface area contributed by atoms with E-state index in [1.54, 1.807) is 13.1 Å². The molecule has 0 atom stereocenters. The van der Waals surface area contributed by atoms with Gasteiger partial charge in [0.25, 0.3) is 15.6 Å². The Morgan fingerprint density at radius 1 is 1.07 bits per heavy atom. The molecule has 0 radical (unpaired) electrons. The Morgan fingerprint density at radius 3 is 2.41 bits per heavy atom. The monoisotopic (exact) mass is 410 g/mol. The van der Waals surface area contributed by atoms with Crippen molar-refractivity contribution in [2.45, 2.75) is 56.9 Å². The number of thiazole rings is 1. The van der Waals surface area contributed by atoms with Gasteiger partial charge in [-0.15, -0.1) is 11.3 Å².